The van der Waals surface area contributed by atoms with E-state index >= 15 is 0 Å². The molecule has 3 N–H and O–H groups in total. The Balaban J connectivity index is 2.39. The Hall–Kier alpha value is -0.980. The maximum atomic E-state index is 5.47. The summed E-state index contributed by atoms with van der Waals surface area (Å²) in [6.45, 7) is 3.57. The molecule has 0 fully saturated rings. The van der Waals surface area contributed by atoms with E-state index in [0.29, 0.717) is 6.61 Å². The molecule has 0 aliphatic carbocycles. The summed E-state index contributed by atoms with van der Waals surface area (Å²) >= 11 is 0. The third-order valence-corrected chi connectivity index (χ3v) is 2.21. The van der Waals surface area contributed by atoms with Gasteiger partial charge in [-0.25, -0.2) is 0 Å². The molecule has 1 unspecified atom stereocenters. The molecule has 1 aromatic rings. The Labute approximate surface area is 89.8 Å². The predicted molar refractivity (Wildman–Crippen MR) is 56.8 cm³/mol. The van der Waals surface area contributed by atoms with Gasteiger partial charge < -0.3 is 4.74 Å². The van der Waals surface area contributed by atoms with Crippen LogP contribution in [0.15, 0.2) is 6.20 Å². The molecule has 6 nitrogen and oxygen atoms in total. The van der Waals surface area contributed by atoms with Crippen LogP contribution in [-0.4, -0.2) is 28.2 Å². The van der Waals surface area contributed by atoms with Crippen molar-refractivity contribution < 1.29 is 4.74 Å². The number of aromatic nitrogens is 3. The molecule has 1 rings (SSSR count). The minimum absolute atomic E-state index is 0.0434. The SMILES string of the molecule is CCCOCCC(NN)c1cnnn1C. The van der Waals surface area contributed by atoms with E-state index < -0.39 is 0 Å². The second-order valence-corrected chi connectivity index (χ2v) is 3.40. The minimum atomic E-state index is 0.0434. The van der Waals surface area contributed by atoms with E-state index in [1.807, 2.05) is 7.05 Å². The van der Waals surface area contributed by atoms with E-state index in [1.54, 1.807) is 10.9 Å². The van der Waals surface area contributed by atoms with Gasteiger partial charge in [-0.1, -0.05) is 12.1 Å². The van der Waals surface area contributed by atoms with Crippen molar-refractivity contribution in [3.63, 3.8) is 0 Å². The Kier molecular flexibility index (Phi) is 5.23. The van der Waals surface area contributed by atoms with Gasteiger partial charge in [0.1, 0.15) is 0 Å². The van der Waals surface area contributed by atoms with Crippen LogP contribution in [0.1, 0.15) is 31.5 Å². The molecule has 1 heterocycles. The fourth-order valence-electron chi connectivity index (χ4n) is 1.38. The zero-order valence-corrected chi connectivity index (χ0v) is 9.31. The van der Waals surface area contributed by atoms with Crippen molar-refractivity contribution in [1.29, 1.82) is 0 Å². The number of aryl methyl sites for hydroxylation is 1. The molecule has 0 aliphatic heterocycles. The number of nitrogens with two attached hydrogens (primary N) is 1. The van der Waals surface area contributed by atoms with Crippen molar-refractivity contribution in [2.75, 3.05) is 13.2 Å². The quantitative estimate of drug-likeness (QED) is 0.382. The smallest absolute Gasteiger partial charge is 0.0767 e. The Morgan fingerprint density at radius 3 is 2.93 bits per heavy atom. The first kappa shape index (κ1) is 12.1. The molecule has 6 heteroatoms. The van der Waals surface area contributed by atoms with Gasteiger partial charge in [0.25, 0.3) is 0 Å². The van der Waals surface area contributed by atoms with Crippen molar-refractivity contribution in [2.45, 2.75) is 25.8 Å². The van der Waals surface area contributed by atoms with Crippen molar-refractivity contribution in [2.24, 2.45) is 12.9 Å². The highest BCUT2D eigenvalue weighted by molar-refractivity contribution is 5.00. The molecule has 0 aromatic carbocycles. The second-order valence-electron chi connectivity index (χ2n) is 3.40. The molecule has 0 aliphatic rings. The van der Waals surface area contributed by atoms with Gasteiger partial charge in [0, 0.05) is 20.3 Å². The van der Waals surface area contributed by atoms with Gasteiger partial charge in [-0.15, -0.1) is 5.10 Å². The molecule has 0 bridgehead atoms. The summed E-state index contributed by atoms with van der Waals surface area (Å²) < 4.78 is 7.12. The molecular formula is C9H19N5O. The molecule has 15 heavy (non-hydrogen) atoms. The van der Waals surface area contributed by atoms with Crippen LogP contribution in [0.3, 0.4) is 0 Å². The normalized spacial score (nSPS) is 13.0. The van der Waals surface area contributed by atoms with Crippen LogP contribution >= 0.6 is 0 Å². The second kappa shape index (κ2) is 6.49. The summed E-state index contributed by atoms with van der Waals surface area (Å²) in [7, 11) is 1.85. The minimum Gasteiger partial charge on any atom is -0.381 e. The van der Waals surface area contributed by atoms with E-state index in [2.05, 4.69) is 22.7 Å². The lowest BCUT2D eigenvalue weighted by atomic mass is 10.1. The fourth-order valence-corrected chi connectivity index (χ4v) is 1.38. The van der Waals surface area contributed by atoms with E-state index in [0.717, 1.165) is 25.1 Å². The molecule has 1 atom stereocenters. The Morgan fingerprint density at radius 1 is 1.60 bits per heavy atom. The van der Waals surface area contributed by atoms with Gasteiger partial charge in [0.15, 0.2) is 0 Å². The van der Waals surface area contributed by atoms with E-state index in [1.165, 1.54) is 0 Å². The molecular weight excluding hydrogens is 194 g/mol. The average Bonchev–Trinajstić information content (AvgIpc) is 2.65. The number of hydrazine groups is 1. The number of nitrogens with zero attached hydrogens (tertiary/aromatic N) is 3. The van der Waals surface area contributed by atoms with Crippen LogP contribution < -0.4 is 11.3 Å². The van der Waals surface area contributed by atoms with Gasteiger partial charge in [-0.05, 0) is 12.8 Å². The number of hydrogen-bond acceptors (Lipinski definition) is 5. The number of ether oxygens (including phenoxy) is 1. The Morgan fingerprint density at radius 2 is 2.40 bits per heavy atom. The van der Waals surface area contributed by atoms with E-state index in [9.17, 15) is 0 Å². The van der Waals surface area contributed by atoms with Crippen LogP contribution in [-0.2, 0) is 11.8 Å². The van der Waals surface area contributed by atoms with Crippen LogP contribution in [0, 0.1) is 0 Å². The van der Waals surface area contributed by atoms with Gasteiger partial charge >= 0.3 is 0 Å². The van der Waals surface area contributed by atoms with Crippen molar-refractivity contribution >= 4 is 0 Å². The predicted octanol–water partition coefficient (Wildman–Crippen LogP) is 0.136. The van der Waals surface area contributed by atoms with Crippen LogP contribution in [0.25, 0.3) is 0 Å². The van der Waals surface area contributed by atoms with Gasteiger partial charge in [-0.2, -0.15) is 0 Å². The first-order chi connectivity index (χ1) is 7.29. The number of rotatable bonds is 7. The van der Waals surface area contributed by atoms with Crippen LogP contribution in [0.2, 0.25) is 0 Å². The van der Waals surface area contributed by atoms with E-state index in [-0.39, 0.29) is 6.04 Å². The Bertz CT molecular complexity index is 275. The monoisotopic (exact) mass is 213 g/mol. The van der Waals surface area contributed by atoms with Crippen molar-refractivity contribution in [3.05, 3.63) is 11.9 Å². The molecule has 0 amide bonds. The summed E-state index contributed by atoms with van der Waals surface area (Å²) in [5.41, 5.74) is 3.71. The van der Waals surface area contributed by atoms with Crippen LogP contribution in [0.4, 0.5) is 0 Å². The van der Waals surface area contributed by atoms with Crippen LogP contribution in [0.5, 0.6) is 0 Å². The molecule has 0 saturated carbocycles. The lowest BCUT2D eigenvalue weighted by Gasteiger charge is -2.15. The summed E-state index contributed by atoms with van der Waals surface area (Å²) in [5.74, 6) is 5.47. The maximum absolute atomic E-state index is 5.47. The molecule has 86 valence electrons. The topological polar surface area (TPSA) is 78.0 Å². The van der Waals surface area contributed by atoms with Crippen molar-refractivity contribution in [3.8, 4) is 0 Å². The third kappa shape index (κ3) is 3.58. The molecule has 0 saturated heterocycles. The summed E-state index contributed by atoms with van der Waals surface area (Å²) in [5, 5.41) is 7.67. The first-order valence-electron chi connectivity index (χ1n) is 5.18. The summed E-state index contributed by atoms with van der Waals surface area (Å²) in [4.78, 5) is 0. The van der Waals surface area contributed by atoms with Gasteiger partial charge in [-0.3, -0.25) is 16.0 Å². The number of hydrogen-bond donors (Lipinski definition) is 2. The van der Waals surface area contributed by atoms with Crippen molar-refractivity contribution in [1.82, 2.24) is 20.4 Å². The largest absolute Gasteiger partial charge is 0.381 e. The molecule has 0 spiro atoms. The molecule has 1 aromatic heterocycles. The molecule has 0 radical (unpaired) electrons. The highest BCUT2D eigenvalue weighted by Crippen LogP contribution is 2.13. The zero-order chi connectivity index (χ0) is 11.1. The maximum Gasteiger partial charge on any atom is 0.0767 e. The first-order valence-corrected chi connectivity index (χ1v) is 5.18. The summed E-state index contributed by atoms with van der Waals surface area (Å²) in [6.07, 6.45) is 3.57. The van der Waals surface area contributed by atoms with Gasteiger partial charge in [0.05, 0.1) is 17.9 Å². The van der Waals surface area contributed by atoms with Gasteiger partial charge in [0.2, 0.25) is 0 Å². The fraction of sp³-hybridized carbons (Fsp3) is 0.778. The average molecular weight is 213 g/mol. The number of nitrogens with one attached hydrogen (secondary N) is 1. The van der Waals surface area contributed by atoms with E-state index in [4.69, 9.17) is 10.6 Å². The third-order valence-electron chi connectivity index (χ3n) is 2.21. The zero-order valence-electron chi connectivity index (χ0n) is 9.31. The highest BCUT2D eigenvalue weighted by atomic mass is 16.5. The standard InChI is InChI=1S/C9H19N5O/c1-3-5-15-6-4-8(12-10)9-7-11-13-14(9)2/h7-8,12H,3-6,10H2,1-2H3. The lowest BCUT2D eigenvalue weighted by Crippen LogP contribution is -2.30. The lowest BCUT2D eigenvalue weighted by molar-refractivity contribution is 0.124. The summed E-state index contributed by atoms with van der Waals surface area (Å²) in [6, 6.07) is 0.0434. The highest BCUT2D eigenvalue weighted by Gasteiger charge is 2.13.